The van der Waals surface area contributed by atoms with Crippen molar-refractivity contribution >= 4 is 17.4 Å². The topological polar surface area (TPSA) is 36.4 Å². The fourth-order valence-electron chi connectivity index (χ4n) is 2.61. The summed E-state index contributed by atoms with van der Waals surface area (Å²) < 4.78 is 0. The second kappa shape index (κ2) is 4.96. The summed E-state index contributed by atoms with van der Waals surface area (Å²) in [5, 5.41) is 0. The summed E-state index contributed by atoms with van der Waals surface area (Å²) in [5.74, 6) is 0.730. The molecule has 0 radical (unpaired) electrons. The van der Waals surface area contributed by atoms with E-state index in [0.717, 1.165) is 18.7 Å². The van der Waals surface area contributed by atoms with E-state index in [9.17, 15) is 4.79 Å². The number of para-hydroxylation sites is 1. The van der Waals surface area contributed by atoms with Gasteiger partial charge >= 0.3 is 0 Å². The van der Waals surface area contributed by atoms with Crippen molar-refractivity contribution in [3.8, 4) is 0 Å². The summed E-state index contributed by atoms with van der Waals surface area (Å²) in [6.45, 7) is 0.736. The number of pyridine rings is 1. The van der Waals surface area contributed by atoms with E-state index in [0.29, 0.717) is 11.4 Å². The summed E-state index contributed by atoms with van der Waals surface area (Å²) >= 11 is 0. The number of carbonyl (C=O) groups is 1. The van der Waals surface area contributed by atoms with Crippen LogP contribution in [0.1, 0.15) is 15.9 Å². The Morgan fingerprint density at radius 2 is 2.00 bits per heavy atom. The van der Waals surface area contributed by atoms with Crippen LogP contribution in [0.4, 0.5) is 11.5 Å². The molecule has 1 aliphatic heterocycles. The highest BCUT2D eigenvalue weighted by molar-refractivity contribution is 6.10. The summed E-state index contributed by atoms with van der Waals surface area (Å²) in [6, 6.07) is 11.7. The third-order valence-corrected chi connectivity index (χ3v) is 3.57. The van der Waals surface area contributed by atoms with Crippen LogP contribution in [-0.2, 0) is 6.42 Å². The van der Waals surface area contributed by atoms with Gasteiger partial charge in [0.1, 0.15) is 5.82 Å². The van der Waals surface area contributed by atoms with Crippen LogP contribution >= 0.6 is 0 Å². The van der Waals surface area contributed by atoms with Crippen molar-refractivity contribution in [1.29, 1.82) is 0 Å². The number of benzene rings is 1. The number of anilines is 2. The molecule has 0 unspecified atom stereocenters. The predicted octanol–water partition coefficient (Wildman–Crippen LogP) is 2.35. The number of hydrogen-bond donors (Lipinski definition) is 0. The van der Waals surface area contributed by atoms with E-state index >= 15 is 0 Å². The van der Waals surface area contributed by atoms with Gasteiger partial charge in [0.05, 0.1) is 5.56 Å². The van der Waals surface area contributed by atoms with Crippen molar-refractivity contribution in [3.05, 3.63) is 53.7 Å². The summed E-state index contributed by atoms with van der Waals surface area (Å²) in [6.07, 6.45) is 2.63. The Balaban J connectivity index is 1.99. The number of carbonyl (C=O) groups excluding carboxylic acids is 1. The minimum absolute atomic E-state index is 0.0201. The van der Waals surface area contributed by atoms with Gasteiger partial charge in [-0.2, -0.15) is 0 Å². The second-order valence-electron chi connectivity index (χ2n) is 5.10. The van der Waals surface area contributed by atoms with E-state index in [-0.39, 0.29) is 5.91 Å². The van der Waals surface area contributed by atoms with E-state index in [1.807, 2.05) is 54.2 Å². The lowest BCUT2D eigenvalue weighted by molar-refractivity contribution is 0.0989. The molecule has 4 heteroatoms. The largest absolute Gasteiger partial charge is 0.362 e. The molecule has 0 N–H and O–H groups in total. The average Bonchev–Trinajstić information content (AvgIpc) is 2.90. The van der Waals surface area contributed by atoms with Gasteiger partial charge in [0.15, 0.2) is 0 Å². The molecular formula is C16H17N3O. The van der Waals surface area contributed by atoms with Gasteiger partial charge in [0.25, 0.3) is 5.91 Å². The summed E-state index contributed by atoms with van der Waals surface area (Å²) in [5.41, 5.74) is 2.90. The Kier molecular flexibility index (Phi) is 3.14. The van der Waals surface area contributed by atoms with Gasteiger partial charge in [0, 0.05) is 32.5 Å². The fourth-order valence-corrected chi connectivity index (χ4v) is 2.61. The number of nitrogens with zero attached hydrogens (tertiary/aromatic N) is 3. The molecule has 2 heterocycles. The normalized spacial score (nSPS) is 13.2. The zero-order chi connectivity index (χ0) is 14.1. The molecule has 1 aromatic heterocycles. The minimum atomic E-state index is 0.0201. The van der Waals surface area contributed by atoms with Crippen molar-refractivity contribution in [2.45, 2.75) is 6.42 Å². The van der Waals surface area contributed by atoms with Crippen molar-refractivity contribution in [1.82, 2.24) is 4.98 Å². The van der Waals surface area contributed by atoms with Crippen LogP contribution in [0, 0.1) is 0 Å². The predicted molar refractivity (Wildman–Crippen MR) is 80.4 cm³/mol. The molecule has 1 aromatic carbocycles. The highest BCUT2D eigenvalue weighted by Crippen LogP contribution is 2.30. The second-order valence-corrected chi connectivity index (χ2v) is 5.10. The first kappa shape index (κ1) is 12.7. The van der Waals surface area contributed by atoms with Gasteiger partial charge < -0.3 is 9.80 Å². The Hall–Kier alpha value is -2.36. The molecule has 20 heavy (non-hydrogen) atoms. The highest BCUT2D eigenvalue weighted by atomic mass is 16.2. The summed E-state index contributed by atoms with van der Waals surface area (Å²) in [4.78, 5) is 20.8. The maximum Gasteiger partial charge on any atom is 0.262 e. The van der Waals surface area contributed by atoms with Crippen molar-refractivity contribution in [3.63, 3.8) is 0 Å². The summed E-state index contributed by atoms with van der Waals surface area (Å²) in [7, 11) is 3.80. The fraction of sp³-hybridized carbons (Fsp3) is 0.250. The van der Waals surface area contributed by atoms with Crippen LogP contribution in [0.5, 0.6) is 0 Å². The smallest absolute Gasteiger partial charge is 0.262 e. The first-order valence-corrected chi connectivity index (χ1v) is 6.70. The number of rotatable bonds is 2. The number of aromatic nitrogens is 1. The molecule has 0 saturated carbocycles. The van der Waals surface area contributed by atoms with Crippen LogP contribution in [-0.4, -0.2) is 31.5 Å². The van der Waals surface area contributed by atoms with Crippen LogP contribution in [0.2, 0.25) is 0 Å². The van der Waals surface area contributed by atoms with Gasteiger partial charge in [-0.05, 0) is 30.2 Å². The molecule has 1 aliphatic rings. The SMILES string of the molecule is CN(C)c1ncccc1C(=O)N1CCc2ccccc21. The van der Waals surface area contributed by atoms with Crippen LogP contribution in [0.25, 0.3) is 0 Å². The molecule has 0 aliphatic carbocycles. The maximum atomic E-state index is 12.8. The first-order chi connectivity index (χ1) is 9.68. The highest BCUT2D eigenvalue weighted by Gasteiger charge is 2.27. The minimum Gasteiger partial charge on any atom is -0.362 e. The molecule has 102 valence electrons. The molecule has 0 bridgehead atoms. The van der Waals surface area contributed by atoms with Crippen LogP contribution < -0.4 is 9.80 Å². The Morgan fingerprint density at radius 1 is 1.20 bits per heavy atom. The van der Waals surface area contributed by atoms with Gasteiger partial charge in [-0.15, -0.1) is 0 Å². The molecular weight excluding hydrogens is 250 g/mol. The van der Waals surface area contributed by atoms with Gasteiger partial charge in [-0.3, -0.25) is 4.79 Å². The lowest BCUT2D eigenvalue weighted by atomic mass is 10.1. The molecule has 4 nitrogen and oxygen atoms in total. The van der Waals surface area contributed by atoms with Gasteiger partial charge in [0.2, 0.25) is 0 Å². The quantitative estimate of drug-likeness (QED) is 0.838. The van der Waals surface area contributed by atoms with Crippen molar-refractivity contribution in [2.24, 2.45) is 0 Å². The molecule has 3 rings (SSSR count). The van der Waals surface area contributed by atoms with Crippen molar-refractivity contribution < 1.29 is 4.79 Å². The zero-order valence-electron chi connectivity index (χ0n) is 11.7. The van der Waals surface area contributed by atoms with Crippen LogP contribution in [0.15, 0.2) is 42.6 Å². The molecule has 0 saturated heterocycles. The maximum absolute atomic E-state index is 12.8. The zero-order valence-corrected chi connectivity index (χ0v) is 11.7. The number of hydrogen-bond acceptors (Lipinski definition) is 3. The van der Waals surface area contributed by atoms with Gasteiger partial charge in [-0.1, -0.05) is 18.2 Å². The van der Waals surface area contributed by atoms with E-state index in [4.69, 9.17) is 0 Å². The third-order valence-electron chi connectivity index (χ3n) is 3.57. The third kappa shape index (κ3) is 2.03. The van der Waals surface area contributed by atoms with Crippen LogP contribution in [0.3, 0.4) is 0 Å². The molecule has 0 atom stereocenters. The van der Waals surface area contributed by atoms with Gasteiger partial charge in [-0.25, -0.2) is 4.98 Å². The lowest BCUT2D eigenvalue weighted by Crippen LogP contribution is -2.30. The lowest BCUT2D eigenvalue weighted by Gasteiger charge is -2.21. The van der Waals surface area contributed by atoms with E-state index in [1.54, 1.807) is 6.20 Å². The standard InChI is InChI=1S/C16H17N3O/c1-18(2)15-13(7-5-10-17-15)16(20)19-11-9-12-6-3-4-8-14(12)19/h3-8,10H,9,11H2,1-2H3. The van der Waals surface area contributed by atoms with E-state index in [1.165, 1.54) is 5.56 Å². The molecule has 2 aromatic rings. The van der Waals surface area contributed by atoms with E-state index in [2.05, 4.69) is 11.1 Å². The Labute approximate surface area is 118 Å². The molecule has 0 spiro atoms. The monoisotopic (exact) mass is 267 g/mol. The Morgan fingerprint density at radius 3 is 2.80 bits per heavy atom. The number of amides is 1. The Bertz CT molecular complexity index is 652. The molecule has 1 amide bonds. The first-order valence-electron chi connectivity index (χ1n) is 6.70. The van der Waals surface area contributed by atoms with Crippen molar-refractivity contribution in [2.75, 3.05) is 30.4 Å². The number of fused-ring (bicyclic) bond motifs is 1. The van der Waals surface area contributed by atoms with E-state index < -0.39 is 0 Å². The average molecular weight is 267 g/mol. The molecule has 0 fully saturated rings.